The van der Waals surface area contributed by atoms with Crippen LogP contribution in [0.15, 0.2) is 18.2 Å². The number of benzene rings is 1. The van der Waals surface area contributed by atoms with Crippen molar-refractivity contribution in [1.29, 1.82) is 0 Å². The Hall–Kier alpha value is -1.02. The SMILES string of the molecule is CCN(c1ccc(C)cc1CN)C1CC1. The van der Waals surface area contributed by atoms with Crippen molar-refractivity contribution in [2.45, 2.75) is 39.3 Å². The van der Waals surface area contributed by atoms with Gasteiger partial charge in [0.2, 0.25) is 0 Å². The molecule has 1 aromatic rings. The van der Waals surface area contributed by atoms with Crippen molar-refractivity contribution in [3.63, 3.8) is 0 Å². The van der Waals surface area contributed by atoms with Crippen LogP contribution >= 0.6 is 0 Å². The Morgan fingerprint density at radius 3 is 2.67 bits per heavy atom. The van der Waals surface area contributed by atoms with Gasteiger partial charge in [0, 0.05) is 24.8 Å². The molecule has 0 atom stereocenters. The topological polar surface area (TPSA) is 29.3 Å². The fraction of sp³-hybridized carbons (Fsp3) is 0.538. The van der Waals surface area contributed by atoms with Crippen LogP contribution < -0.4 is 10.6 Å². The van der Waals surface area contributed by atoms with Crippen LogP contribution in [0.1, 0.15) is 30.9 Å². The zero-order valence-electron chi connectivity index (χ0n) is 9.66. The van der Waals surface area contributed by atoms with Crippen LogP contribution in [0.5, 0.6) is 0 Å². The van der Waals surface area contributed by atoms with Gasteiger partial charge in [0.1, 0.15) is 0 Å². The normalized spacial score (nSPS) is 15.4. The zero-order chi connectivity index (χ0) is 10.8. The summed E-state index contributed by atoms with van der Waals surface area (Å²) >= 11 is 0. The molecule has 0 aromatic heterocycles. The molecule has 0 bridgehead atoms. The van der Waals surface area contributed by atoms with Crippen molar-refractivity contribution in [1.82, 2.24) is 0 Å². The van der Waals surface area contributed by atoms with E-state index in [1.165, 1.54) is 29.7 Å². The lowest BCUT2D eigenvalue weighted by molar-refractivity contribution is 0.816. The maximum absolute atomic E-state index is 5.81. The van der Waals surface area contributed by atoms with E-state index in [0.717, 1.165) is 12.6 Å². The standard InChI is InChI=1S/C13H20N2/c1-3-15(12-5-6-12)13-7-4-10(2)8-11(13)9-14/h4,7-8,12H,3,5-6,9,14H2,1-2H3. The quantitative estimate of drug-likeness (QED) is 0.816. The molecule has 1 saturated carbocycles. The summed E-state index contributed by atoms with van der Waals surface area (Å²) in [5.74, 6) is 0. The van der Waals surface area contributed by atoms with Crippen LogP contribution in [0.25, 0.3) is 0 Å². The van der Waals surface area contributed by atoms with Crippen LogP contribution in [-0.2, 0) is 6.54 Å². The Balaban J connectivity index is 2.32. The number of rotatable bonds is 4. The van der Waals surface area contributed by atoms with Crippen molar-refractivity contribution < 1.29 is 0 Å². The molecule has 1 aromatic carbocycles. The van der Waals surface area contributed by atoms with E-state index in [4.69, 9.17) is 5.73 Å². The summed E-state index contributed by atoms with van der Waals surface area (Å²) in [6.45, 7) is 6.07. The minimum atomic E-state index is 0.639. The second kappa shape index (κ2) is 4.23. The van der Waals surface area contributed by atoms with Gasteiger partial charge in [-0.25, -0.2) is 0 Å². The second-order valence-corrected chi connectivity index (χ2v) is 4.35. The van der Waals surface area contributed by atoms with E-state index in [2.05, 4.69) is 36.9 Å². The number of aryl methyl sites for hydroxylation is 1. The first-order chi connectivity index (χ1) is 7.26. The molecule has 2 rings (SSSR count). The number of anilines is 1. The molecule has 1 aliphatic rings. The Morgan fingerprint density at radius 2 is 2.13 bits per heavy atom. The van der Waals surface area contributed by atoms with Gasteiger partial charge in [0.05, 0.1) is 0 Å². The molecular formula is C13H20N2. The highest BCUT2D eigenvalue weighted by atomic mass is 15.2. The second-order valence-electron chi connectivity index (χ2n) is 4.35. The van der Waals surface area contributed by atoms with Gasteiger partial charge in [-0.3, -0.25) is 0 Å². The minimum Gasteiger partial charge on any atom is -0.369 e. The predicted octanol–water partition coefficient (Wildman–Crippen LogP) is 2.44. The fourth-order valence-electron chi connectivity index (χ4n) is 2.17. The molecule has 0 unspecified atom stereocenters. The molecule has 0 saturated heterocycles. The molecule has 82 valence electrons. The molecule has 1 aliphatic carbocycles. The van der Waals surface area contributed by atoms with E-state index in [1.807, 2.05) is 0 Å². The van der Waals surface area contributed by atoms with Crippen molar-refractivity contribution in [2.75, 3.05) is 11.4 Å². The molecule has 1 fully saturated rings. The largest absolute Gasteiger partial charge is 0.369 e. The Kier molecular flexibility index (Phi) is 2.96. The lowest BCUT2D eigenvalue weighted by atomic mass is 10.1. The number of nitrogens with zero attached hydrogens (tertiary/aromatic N) is 1. The minimum absolute atomic E-state index is 0.639. The fourth-order valence-corrected chi connectivity index (χ4v) is 2.17. The molecule has 0 radical (unpaired) electrons. The third-order valence-corrected chi connectivity index (χ3v) is 3.09. The number of hydrogen-bond donors (Lipinski definition) is 1. The van der Waals surface area contributed by atoms with E-state index in [0.29, 0.717) is 6.54 Å². The van der Waals surface area contributed by atoms with E-state index in [1.54, 1.807) is 0 Å². The lowest BCUT2D eigenvalue weighted by Crippen LogP contribution is -2.26. The van der Waals surface area contributed by atoms with Crippen LogP contribution in [0.4, 0.5) is 5.69 Å². The molecule has 2 heteroatoms. The van der Waals surface area contributed by atoms with Gasteiger partial charge in [0.15, 0.2) is 0 Å². The molecule has 15 heavy (non-hydrogen) atoms. The average Bonchev–Trinajstić information content (AvgIpc) is 3.05. The van der Waals surface area contributed by atoms with Gasteiger partial charge in [-0.05, 0) is 38.3 Å². The van der Waals surface area contributed by atoms with E-state index in [9.17, 15) is 0 Å². The Morgan fingerprint density at radius 1 is 1.40 bits per heavy atom. The highest BCUT2D eigenvalue weighted by Gasteiger charge is 2.28. The maximum Gasteiger partial charge on any atom is 0.0414 e. The molecule has 0 heterocycles. The highest BCUT2D eigenvalue weighted by molar-refractivity contribution is 5.56. The smallest absolute Gasteiger partial charge is 0.0414 e. The summed E-state index contributed by atoms with van der Waals surface area (Å²) in [6, 6.07) is 7.38. The van der Waals surface area contributed by atoms with Crippen LogP contribution in [0.2, 0.25) is 0 Å². The van der Waals surface area contributed by atoms with Gasteiger partial charge in [0.25, 0.3) is 0 Å². The first-order valence-corrected chi connectivity index (χ1v) is 5.82. The van der Waals surface area contributed by atoms with Crippen LogP contribution in [0.3, 0.4) is 0 Å². The number of nitrogens with two attached hydrogens (primary N) is 1. The van der Waals surface area contributed by atoms with E-state index in [-0.39, 0.29) is 0 Å². The molecular weight excluding hydrogens is 184 g/mol. The molecule has 2 nitrogen and oxygen atoms in total. The number of hydrogen-bond acceptors (Lipinski definition) is 2. The summed E-state index contributed by atoms with van der Waals surface area (Å²) < 4.78 is 0. The van der Waals surface area contributed by atoms with Crippen LogP contribution in [0, 0.1) is 6.92 Å². The first-order valence-electron chi connectivity index (χ1n) is 5.82. The highest BCUT2D eigenvalue weighted by Crippen LogP contribution is 2.33. The Bertz CT molecular complexity index is 342. The third kappa shape index (κ3) is 2.15. The summed E-state index contributed by atoms with van der Waals surface area (Å²) in [5.41, 5.74) is 9.73. The molecule has 2 N–H and O–H groups in total. The monoisotopic (exact) mass is 204 g/mol. The van der Waals surface area contributed by atoms with E-state index < -0.39 is 0 Å². The summed E-state index contributed by atoms with van der Waals surface area (Å²) in [7, 11) is 0. The summed E-state index contributed by atoms with van der Waals surface area (Å²) in [6.07, 6.45) is 2.68. The average molecular weight is 204 g/mol. The Labute approximate surface area is 92.1 Å². The zero-order valence-corrected chi connectivity index (χ0v) is 9.66. The first kappa shape index (κ1) is 10.5. The maximum atomic E-state index is 5.81. The van der Waals surface area contributed by atoms with Gasteiger partial charge in [-0.2, -0.15) is 0 Å². The predicted molar refractivity (Wildman–Crippen MR) is 65.1 cm³/mol. The van der Waals surface area contributed by atoms with Gasteiger partial charge in [-0.15, -0.1) is 0 Å². The molecule has 0 aliphatic heterocycles. The van der Waals surface area contributed by atoms with Gasteiger partial charge >= 0.3 is 0 Å². The molecule has 0 amide bonds. The van der Waals surface area contributed by atoms with Crippen molar-refractivity contribution in [2.24, 2.45) is 5.73 Å². The summed E-state index contributed by atoms with van der Waals surface area (Å²) in [5, 5.41) is 0. The van der Waals surface area contributed by atoms with Gasteiger partial charge in [-0.1, -0.05) is 17.7 Å². The van der Waals surface area contributed by atoms with E-state index >= 15 is 0 Å². The molecule has 0 spiro atoms. The lowest BCUT2D eigenvalue weighted by Gasteiger charge is -2.25. The summed E-state index contributed by atoms with van der Waals surface area (Å²) in [4.78, 5) is 2.49. The third-order valence-electron chi connectivity index (χ3n) is 3.09. The van der Waals surface area contributed by atoms with Crippen LogP contribution in [-0.4, -0.2) is 12.6 Å². The van der Waals surface area contributed by atoms with Gasteiger partial charge < -0.3 is 10.6 Å². The van der Waals surface area contributed by atoms with Crippen molar-refractivity contribution in [3.05, 3.63) is 29.3 Å². The van der Waals surface area contributed by atoms with Crippen molar-refractivity contribution >= 4 is 5.69 Å². The van der Waals surface area contributed by atoms with Crippen molar-refractivity contribution in [3.8, 4) is 0 Å².